The fourth-order valence-corrected chi connectivity index (χ4v) is 3.35. The maximum absolute atomic E-state index is 11.7. The van der Waals surface area contributed by atoms with E-state index in [2.05, 4.69) is 17.3 Å². The summed E-state index contributed by atoms with van der Waals surface area (Å²) in [6.07, 6.45) is 4.42. The maximum atomic E-state index is 11.7. The van der Waals surface area contributed by atoms with E-state index in [1.54, 1.807) is 0 Å². The maximum Gasteiger partial charge on any atom is 0.305 e. The number of carbonyl (C=O) groups excluding carboxylic acids is 1. The largest absolute Gasteiger partial charge is 0.481 e. The number of nitrogens with zero attached hydrogens (tertiary/aromatic N) is 1. The Bertz CT molecular complexity index is 347. The second-order valence-corrected chi connectivity index (χ2v) is 5.84. The van der Waals surface area contributed by atoms with Crippen molar-refractivity contribution in [2.75, 3.05) is 13.6 Å². The van der Waals surface area contributed by atoms with Crippen LogP contribution in [-0.2, 0) is 9.59 Å². The van der Waals surface area contributed by atoms with Crippen molar-refractivity contribution in [2.45, 2.75) is 50.2 Å². The van der Waals surface area contributed by atoms with Crippen molar-refractivity contribution in [3.63, 3.8) is 0 Å². The molecule has 2 fully saturated rings. The number of amides is 1. The number of piperidine rings is 1. The fourth-order valence-electron chi connectivity index (χ4n) is 3.35. The van der Waals surface area contributed by atoms with Gasteiger partial charge in [0.1, 0.15) is 0 Å². The molecule has 0 radical (unpaired) electrons. The highest BCUT2D eigenvalue weighted by Crippen LogP contribution is 2.36. The van der Waals surface area contributed by atoms with Crippen molar-refractivity contribution in [1.82, 2.24) is 10.2 Å². The Morgan fingerprint density at radius 1 is 1.37 bits per heavy atom. The molecule has 0 saturated carbocycles. The summed E-state index contributed by atoms with van der Waals surface area (Å²) in [6.45, 7) is 0.618. The Hall–Kier alpha value is -1.14. The van der Waals surface area contributed by atoms with Crippen LogP contribution in [0.15, 0.2) is 0 Å². The molecular formula is C13H23N3O3. The molecule has 0 aliphatic carbocycles. The lowest BCUT2D eigenvalue weighted by atomic mass is 9.91. The summed E-state index contributed by atoms with van der Waals surface area (Å²) in [5.41, 5.74) is 5.52. The van der Waals surface area contributed by atoms with Crippen LogP contribution in [0.5, 0.6) is 0 Å². The lowest BCUT2D eigenvalue weighted by molar-refractivity contribution is -0.139. The molecule has 0 aromatic heterocycles. The number of nitrogens with one attached hydrogen (secondary N) is 1. The fraction of sp³-hybridized carbons (Fsp3) is 0.846. The number of carboxylic acid groups (broad SMARTS) is 1. The quantitative estimate of drug-likeness (QED) is 0.641. The van der Waals surface area contributed by atoms with Crippen LogP contribution in [-0.4, -0.2) is 53.6 Å². The molecule has 2 bridgehead atoms. The van der Waals surface area contributed by atoms with Gasteiger partial charge in [0.2, 0.25) is 5.91 Å². The lowest BCUT2D eigenvalue weighted by Gasteiger charge is -2.36. The Morgan fingerprint density at radius 2 is 1.95 bits per heavy atom. The standard InChI is InChI=1S/C13H23N3O3/c1-16-9-2-3-10(16)5-8(4-9)7-15-13(19)11(14)6-12(17)18/h8-11H,2-7,14H2,1H3,(H,15,19)(H,17,18). The molecule has 2 heterocycles. The molecule has 2 rings (SSSR count). The zero-order valence-electron chi connectivity index (χ0n) is 11.3. The first-order valence-electron chi connectivity index (χ1n) is 6.94. The molecule has 2 aliphatic rings. The molecular weight excluding hydrogens is 246 g/mol. The number of fused-ring (bicyclic) bond motifs is 2. The first kappa shape index (κ1) is 14.3. The Labute approximate surface area is 113 Å². The molecule has 0 aromatic carbocycles. The van der Waals surface area contributed by atoms with Gasteiger partial charge in [-0.15, -0.1) is 0 Å². The SMILES string of the molecule is CN1C2CCC1CC(CNC(=O)C(N)CC(=O)O)C2. The highest BCUT2D eigenvalue weighted by atomic mass is 16.4. The molecule has 1 amide bonds. The topological polar surface area (TPSA) is 95.7 Å². The van der Waals surface area contributed by atoms with Gasteiger partial charge in [-0.3, -0.25) is 9.59 Å². The summed E-state index contributed by atoms with van der Waals surface area (Å²) in [4.78, 5) is 24.6. The molecule has 6 nitrogen and oxygen atoms in total. The van der Waals surface area contributed by atoms with Crippen LogP contribution >= 0.6 is 0 Å². The third-order valence-electron chi connectivity index (χ3n) is 4.49. The highest BCUT2D eigenvalue weighted by Gasteiger charge is 2.38. The lowest BCUT2D eigenvalue weighted by Crippen LogP contribution is -2.47. The molecule has 19 heavy (non-hydrogen) atoms. The number of carboxylic acids is 1. The number of nitrogens with two attached hydrogens (primary N) is 1. The molecule has 2 aliphatic heterocycles. The van der Waals surface area contributed by atoms with Gasteiger partial charge in [0, 0.05) is 18.6 Å². The van der Waals surface area contributed by atoms with Crippen molar-refractivity contribution in [3.8, 4) is 0 Å². The summed E-state index contributed by atoms with van der Waals surface area (Å²) >= 11 is 0. The second-order valence-electron chi connectivity index (χ2n) is 5.84. The first-order valence-corrected chi connectivity index (χ1v) is 6.94. The number of hydrogen-bond donors (Lipinski definition) is 3. The third kappa shape index (κ3) is 3.45. The van der Waals surface area contributed by atoms with Crippen LogP contribution in [0.4, 0.5) is 0 Å². The molecule has 0 spiro atoms. The van der Waals surface area contributed by atoms with E-state index in [9.17, 15) is 9.59 Å². The van der Waals surface area contributed by atoms with Gasteiger partial charge in [0.15, 0.2) is 0 Å². The van der Waals surface area contributed by atoms with E-state index in [1.165, 1.54) is 12.8 Å². The van der Waals surface area contributed by atoms with Gasteiger partial charge in [-0.05, 0) is 38.6 Å². The van der Waals surface area contributed by atoms with Crippen LogP contribution in [0.2, 0.25) is 0 Å². The number of rotatable bonds is 5. The van der Waals surface area contributed by atoms with E-state index in [0.29, 0.717) is 24.5 Å². The highest BCUT2D eigenvalue weighted by molar-refractivity contribution is 5.85. The van der Waals surface area contributed by atoms with Gasteiger partial charge in [-0.1, -0.05) is 0 Å². The van der Waals surface area contributed by atoms with Crippen molar-refractivity contribution in [1.29, 1.82) is 0 Å². The van der Waals surface area contributed by atoms with E-state index < -0.39 is 12.0 Å². The second kappa shape index (κ2) is 5.88. The molecule has 4 N–H and O–H groups in total. The van der Waals surface area contributed by atoms with Gasteiger partial charge >= 0.3 is 5.97 Å². The third-order valence-corrected chi connectivity index (χ3v) is 4.49. The predicted molar refractivity (Wildman–Crippen MR) is 70.5 cm³/mol. The van der Waals surface area contributed by atoms with Crippen molar-refractivity contribution in [3.05, 3.63) is 0 Å². The number of hydrogen-bond acceptors (Lipinski definition) is 4. The van der Waals surface area contributed by atoms with Crippen molar-refractivity contribution >= 4 is 11.9 Å². The van der Waals surface area contributed by atoms with Crippen LogP contribution in [0.25, 0.3) is 0 Å². The average molecular weight is 269 g/mol. The monoisotopic (exact) mass is 269 g/mol. The van der Waals surface area contributed by atoms with Gasteiger partial charge in [0.25, 0.3) is 0 Å². The Morgan fingerprint density at radius 3 is 2.47 bits per heavy atom. The zero-order valence-corrected chi connectivity index (χ0v) is 11.3. The number of aliphatic carboxylic acids is 1. The summed E-state index contributed by atoms with van der Waals surface area (Å²) in [7, 11) is 2.18. The molecule has 2 saturated heterocycles. The molecule has 3 unspecified atom stereocenters. The predicted octanol–water partition coefficient (Wildman–Crippen LogP) is -0.223. The Kier molecular flexibility index (Phi) is 4.42. The summed E-state index contributed by atoms with van der Waals surface area (Å²) in [5.74, 6) is -0.900. The number of carbonyl (C=O) groups is 2. The minimum Gasteiger partial charge on any atom is -0.481 e. The van der Waals surface area contributed by atoms with Crippen molar-refractivity contribution < 1.29 is 14.7 Å². The van der Waals surface area contributed by atoms with Crippen LogP contribution in [0.1, 0.15) is 32.1 Å². The summed E-state index contributed by atoms with van der Waals surface area (Å²) in [6, 6.07) is 0.349. The van der Waals surface area contributed by atoms with Crippen LogP contribution in [0, 0.1) is 5.92 Å². The van der Waals surface area contributed by atoms with E-state index in [0.717, 1.165) is 12.8 Å². The van der Waals surface area contributed by atoms with Gasteiger partial charge in [0.05, 0.1) is 12.5 Å². The van der Waals surface area contributed by atoms with E-state index >= 15 is 0 Å². The Balaban J connectivity index is 1.74. The smallest absolute Gasteiger partial charge is 0.305 e. The van der Waals surface area contributed by atoms with Crippen molar-refractivity contribution in [2.24, 2.45) is 11.7 Å². The zero-order chi connectivity index (χ0) is 14.0. The molecule has 6 heteroatoms. The summed E-state index contributed by atoms with van der Waals surface area (Å²) in [5, 5.41) is 11.4. The van der Waals surface area contributed by atoms with Gasteiger partial charge < -0.3 is 21.1 Å². The molecule has 108 valence electrons. The first-order chi connectivity index (χ1) is 8.97. The minimum absolute atomic E-state index is 0.315. The normalized spacial score (nSPS) is 32.0. The van der Waals surface area contributed by atoms with E-state index in [4.69, 9.17) is 10.8 Å². The minimum atomic E-state index is -1.04. The van der Waals surface area contributed by atoms with E-state index in [1.807, 2.05) is 0 Å². The van der Waals surface area contributed by atoms with Crippen LogP contribution in [0.3, 0.4) is 0 Å². The summed E-state index contributed by atoms with van der Waals surface area (Å²) < 4.78 is 0. The van der Waals surface area contributed by atoms with E-state index in [-0.39, 0.29) is 12.3 Å². The van der Waals surface area contributed by atoms with Crippen LogP contribution < -0.4 is 11.1 Å². The molecule has 0 aromatic rings. The van der Waals surface area contributed by atoms with Gasteiger partial charge in [-0.2, -0.15) is 0 Å². The average Bonchev–Trinajstić information content (AvgIpc) is 2.58. The molecule has 3 atom stereocenters. The van der Waals surface area contributed by atoms with Gasteiger partial charge in [-0.25, -0.2) is 0 Å².